The SMILES string of the molecule is O=C(O)c1cnc(N2C3CC[C@H]2CC(OCc2c(-c4ccccc4OC(F)(F)F)noc2C2CC2)C3)cn1. The van der Waals surface area contributed by atoms with Gasteiger partial charge in [-0.25, -0.2) is 14.8 Å². The Balaban J connectivity index is 1.19. The topological polar surface area (TPSA) is 111 Å². The molecule has 1 aliphatic carbocycles. The first-order chi connectivity index (χ1) is 18.3. The summed E-state index contributed by atoms with van der Waals surface area (Å²) in [6, 6.07) is 6.26. The second-order valence-corrected chi connectivity index (χ2v) is 9.95. The first-order valence-corrected chi connectivity index (χ1v) is 12.6. The number of alkyl halides is 3. The lowest BCUT2D eigenvalue weighted by Gasteiger charge is -2.39. The molecule has 1 N–H and O–H groups in total. The smallest absolute Gasteiger partial charge is 0.476 e. The number of benzene rings is 1. The number of anilines is 1. The summed E-state index contributed by atoms with van der Waals surface area (Å²) in [4.78, 5) is 21.6. The van der Waals surface area contributed by atoms with Crippen molar-refractivity contribution in [3.8, 4) is 17.0 Å². The zero-order chi connectivity index (χ0) is 26.4. The average molecular weight is 531 g/mol. The van der Waals surface area contributed by atoms with E-state index < -0.39 is 12.3 Å². The van der Waals surface area contributed by atoms with Crippen LogP contribution in [0.1, 0.15) is 66.3 Å². The molecule has 2 aliphatic heterocycles. The van der Waals surface area contributed by atoms with Gasteiger partial charge in [0.05, 0.1) is 25.1 Å². The second kappa shape index (κ2) is 9.57. The number of halogens is 3. The van der Waals surface area contributed by atoms with Gasteiger partial charge in [-0.05, 0) is 50.7 Å². The van der Waals surface area contributed by atoms with E-state index in [4.69, 9.17) is 14.4 Å². The molecule has 3 aromatic rings. The maximum atomic E-state index is 13.0. The summed E-state index contributed by atoms with van der Waals surface area (Å²) >= 11 is 0. The first-order valence-electron chi connectivity index (χ1n) is 12.6. The lowest BCUT2D eigenvalue weighted by atomic mass is 9.99. The Morgan fingerprint density at radius 3 is 2.45 bits per heavy atom. The molecule has 38 heavy (non-hydrogen) atoms. The number of rotatable bonds is 8. The Hall–Kier alpha value is -3.67. The van der Waals surface area contributed by atoms with E-state index >= 15 is 0 Å². The number of hydrogen-bond donors (Lipinski definition) is 1. The minimum atomic E-state index is -4.83. The molecule has 3 fully saturated rings. The number of carboxylic acid groups (broad SMARTS) is 1. The van der Waals surface area contributed by atoms with Crippen LogP contribution in [0.2, 0.25) is 0 Å². The number of carboxylic acids is 1. The number of aromatic nitrogens is 3. The summed E-state index contributed by atoms with van der Waals surface area (Å²) in [6.45, 7) is 0.169. The molecule has 3 aliphatic rings. The lowest BCUT2D eigenvalue weighted by molar-refractivity contribution is -0.274. The molecule has 9 nitrogen and oxygen atoms in total. The van der Waals surface area contributed by atoms with E-state index in [2.05, 4.69) is 24.8 Å². The van der Waals surface area contributed by atoms with Crippen LogP contribution >= 0.6 is 0 Å². The van der Waals surface area contributed by atoms with Crippen LogP contribution in [0.5, 0.6) is 5.75 Å². The van der Waals surface area contributed by atoms with Crippen LogP contribution < -0.4 is 9.64 Å². The van der Waals surface area contributed by atoms with Crippen LogP contribution in [0, 0.1) is 0 Å². The molecule has 2 unspecified atom stereocenters. The summed E-state index contributed by atoms with van der Waals surface area (Å²) in [6.07, 6.45) is 3.15. The molecule has 12 heteroatoms. The number of para-hydroxylation sites is 1. The molecule has 1 saturated carbocycles. The molecule has 4 heterocycles. The first kappa shape index (κ1) is 24.7. The molecule has 200 valence electrons. The van der Waals surface area contributed by atoms with Gasteiger partial charge >= 0.3 is 12.3 Å². The van der Waals surface area contributed by atoms with Crippen LogP contribution in [0.4, 0.5) is 19.0 Å². The number of carbonyl (C=O) groups is 1. The predicted molar refractivity (Wildman–Crippen MR) is 127 cm³/mol. The van der Waals surface area contributed by atoms with Gasteiger partial charge in [0.15, 0.2) is 5.69 Å². The molecule has 3 atom stereocenters. The molecule has 1 aromatic carbocycles. The van der Waals surface area contributed by atoms with E-state index in [9.17, 15) is 18.0 Å². The fraction of sp³-hybridized carbons (Fsp3) is 0.462. The van der Waals surface area contributed by atoms with E-state index in [1.165, 1.54) is 30.6 Å². The van der Waals surface area contributed by atoms with Crippen LogP contribution in [0.15, 0.2) is 41.2 Å². The normalized spacial score (nSPS) is 23.0. The lowest BCUT2D eigenvalue weighted by Crippen LogP contribution is -2.46. The molecule has 2 saturated heterocycles. The van der Waals surface area contributed by atoms with Crippen LogP contribution in [-0.4, -0.2) is 50.8 Å². The zero-order valence-corrected chi connectivity index (χ0v) is 20.2. The highest BCUT2D eigenvalue weighted by atomic mass is 19.4. The van der Waals surface area contributed by atoms with Crippen molar-refractivity contribution in [2.45, 2.75) is 75.6 Å². The number of fused-ring (bicyclic) bond motifs is 2. The van der Waals surface area contributed by atoms with Crippen molar-refractivity contribution >= 4 is 11.8 Å². The highest BCUT2D eigenvalue weighted by Gasteiger charge is 2.42. The van der Waals surface area contributed by atoms with Gasteiger partial charge in [-0.2, -0.15) is 0 Å². The van der Waals surface area contributed by atoms with Crippen molar-refractivity contribution in [2.75, 3.05) is 4.90 Å². The van der Waals surface area contributed by atoms with Gasteiger partial charge in [0.1, 0.15) is 23.0 Å². The molecular weight excluding hydrogens is 505 g/mol. The molecular formula is C26H25F3N4O5. The van der Waals surface area contributed by atoms with E-state index in [1.54, 1.807) is 6.07 Å². The van der Waals surface area contributed by atoms with Crippen molar-refractivity contribution in [2.24, 2.45) is 0 Å². The predicted octanol–water partition coefficient (Wildman–Crippen LogP) is 5.32. The van der Waals surface area contributed by atoms with E-state index in [-0.39, 0.29) is 47.7 Å². The fourth-order valence-corrected chi connectivity index (χ4v) is 5.62. The average Bonchev–Trinajstić information content (AvgIpc) is 3.58. The molecule has 0 radical (unpaired) electrons. The maximum absolute atomic E-state index is 13.0. The quantitative estimate of drug-likeness (QED) is 0.414. The summed E-state index contributed by atoms with van der Waals surface area (Å²) < 4.78 is 55.3. The van der Waals surface area contributed by atoms with Crippen molar-refractivity contribution in [1.29, 1.82) is 0 Å². The van der Waals surface area contributed by atoms with Crippen LogP contribution in [0.25, 0.3) is 11.3 Å². The Kier molecular flexibility index (Phi) is 6.21. The molecule has 2 aromatic heterocycles. The number of hydrogen-bond acceptors (Lipinski definition) is 8. The van der Waals surface area contributed by atoms with Crippen LogP contribution in [0.3, 0.4) is 0 Å². The van der Waals surface area contributed by atoms with Crippen molar-refractivity contribution in [1.82, 2.24) is 15.1 Å². The largest absolute Gasteiger partial charge is 0.573 e. The van der Waals surface area contributed by atoms with Gasteiger partial charge in [-0.15, -0.1) is 13.2 Å². The minimum Gasteiger partial charge on any atom is -0.476 e. The molecule has 2 bridgehead atoms. The third kappa shape index (κ3) is 4.92. The third-order valence-electron chi connectivity index (χ3n) is 7.41. The molecule has 0 amide bonds. The Morgan fingerprint density at radius 2 is 1.82 bits per heavy atom. The Bertz CT molecular complexity index is 1310. The highest BCUT2D eigenvalue weighted by Crippen LogP contribution is 2.46. The number of ether oxygens (including phenoxy) is 2. The molecule has 6 rings (SSSR count). The fourth-order valence-electron chi connectivity index (χ4n) is 5.62. The Labute approximate surface area is 215 Å². The van der Waals surface area contributed by atoms with Crippen molar-refractivity contribution in [3.63, 3.8) is 0 Å². The number of piperidine rings is 1. The van der Waals surface area contributed by atoms with Gasteiger partial charge < -0.3 is 24.0 Å². The number of nitrogens with zero attached hydrogens (tertiary/aromatic N) is 4. The summed E-state index contributed by atoms with van der Waals surface area (Å²) in [5.41, 5.74) is 1.08. The minimum absolute atomic E-state index is 0.0635. The van der Waals surface area contributed by atoms with Gasteiger partial charge in [-0.1, -0.05) is 17.3 Å². The highest BCUT2D eigenvalue weighted by molar-refractivity contribution is 5.85. The summed E-state index contributed by atoms with van der Waals surface area (Å²) in [5.74, 6) is 0.0511. The van der Waals surface area contributed by atoms with E-state index in [1.807, 2.05) is 0 Å². The summed E-state index contributed by atoms with van der Waals surface area (Å²) in [5, 5.41) is 13.2. The van der Waals surface area contributed by atoms with Gasteiger partial charge in [0.2, 0.25) is 0 Å². The summed E-state index contributed by atoms with van der Waals surface area (Å²) in [7, 11) is 0. The Morgan fingerprint density at radius 1 is 1.08 bits per heavy atom. The van der Waals surface area contributed by atoms with Crippen molar-refractivity contribution < 1.29 is 37.1 Å². The van der Waals surface area contributed by atoms with Crippen molar-refractivity contribution in [3.05, 3.63) is 53.7 Å². The molecule has 0 spiro atoms. The van der Waals surface area contributed by atoms with Gasteiger partial charge in [0.25, 0.3) is 0 Å². The zero-order valence-electron chi connectivity index (χ0n) is 20.2. The third-order valence-corrected chi connectivity index (χ3v) is 7.41. The van der Waals surface area contributed by atoms with Gasteiger partial charge in [-0.3, -0.25) is 0 Å². The number of aromatic carboxylic acids is 1. The van der Waals surface area contributed by atoms with E-state index in [0.29, 0.717) is 22.8 Å². The monoisotopic (exact) mass is 530 g/mol. The maximum Gasteiger partial charge on any atom is 0.573 e. The van der Waals surface area contributed by atoms with Gasteiger partial charge in [0, 0.05) is 29.1 Å². The standard InChI is InChI=1S/C26H25F3N4O5/c27-26(28,29)37-21-4-2-1-3-18(21)23-19(24(38-32-23)14-5-6-14)13-36-17-9-15-7-8-16(10-17)33(15)22-12-30-20(11-31-22)25(34)35/h1-4,11-12,14-17H,5-10,13H2,(H,34,35)/t15-,16?,17?/m0/s1. The second-order valence-electron chi connectivity index (χ2n) is 9.95. The van der Waals surface area contributed by atoms with E-state index in [0.717, 1.165) is 38.5 Å². The van der Waals surface area contributed by atoms with Crippen LogP contribution in [-0.2, 0) is 11.3 Å².